The zero-order valence-corrected chi connectivity index (χ0v) is 16.4. The van der Waals surface area contributed by atoms with Crippen LogP contribution in [0.25, 0.3) is 10.9 Å². The molecule has 29 heavy (non-hydrogen) atoms. The van der Waals surface area contributed by atoms with Crippen LogP contribution in [0.5, 0.6) is 0 Å². The molecular formula is C24H24N4O. The molecule has 0 bridgehead atoms. The van der Waals surface area contributed by atoms with Crippen molar-refractivity contribution in [2.45, 2.75) is 19.9 Å². The van der Waals surface area contributed by atoms with Gasteiger partial charge in [0.15, 0.2) is 0 Å². The molecule has 0 unspecified atom stereocenters. The molecule has 0 atom stereocenters. The minimum atomic E-state index is -0.0920. The first-order chi connectivity index (χ1) is 14.2. The highest BCUT2D eigenvalue weighted by Crippen LogP contribution is 2.17. The number of pyridine rings is 1. The molecule has 2 aromatic carbocycles. The summed E-state index contributed by atoms with van der Waals surface area (Å²) >= 11 is 0. The highest BCUT2D eigenvalue weighted by Gasteiger charge is 2.08. The number of nitrogens with one attached hydrogen (secondary N) is 3. The molecule has 0 aliphatic heterocycles. The number of H-pyrrole nitrogens is 1. The number of benzene rings is 2. The Morgan fingerprint density at radius 2 is 1.90 bits per heavy atom. The third-order valence-electron chi connectivity index (χ3n) is 4.97. The molecule has 0 aliphatic carbocycles. The average Bonchev–Trinajstić information content (AvgIpc) is 3.17. The second-order valence-corrected chi connectivity index (χ2v) is 7.13. The Morgan fingerprint density at radius 3 is 2.76 bits per heavy atom. The lowest BCUT2D eigenvalue weighted by Crippen LogP contribution is -2.25. The third kappa shape index (κ3) is 4.63. The molecule has 2 aromatic heterocycles. The molecule has 4 aromatic rings. The summed E-state index contributed by atoms with van der Waals surface area (Å²) in [5.74, 6) is 0.598. The van der Waals surface area contributed by atoms with Crippen molar-refractivity contribution in [3.05, 3.63) is 95.3 Å². The van der Waals surface area contributed by atoms with E-state index in [9.17, 15) is 4.79 Å². The fraction of sp³-hybridized carbons (Fsp3) is 0.167. The van der Waals surface area contributed by atoms with Crippen LogP contribution in [0.4, 0.5) is 5.82 Å². The summed E-state index contributed by atoms with van der Waals surface area (Å²) in [6.45, 7) is 3.31. The van der Waals surface area contributed by atoms with Gasteiger partial charge in [0, 0.05) is 41.9 Å². The smallest absolute Gasteiger partial charge is 0.251 e. The van der Waals surface area contributed by atoms with E-state index in [4.69, 9.17) is 0 Å². The Balaban J connectivity index is 1.32. The van der Waals surface area contributed by atoms with Crippen LogP contribution >= 0.6 is 0 Å². The first-order valence-corrected chi connectivity index (χ1v) is 9.78. The SMILES string of the molecule is Cc1ccc(CNc2cc(C(=O)NCCc3c[nH]c4ccccc34)ccn2)cc1. The van der Waals surface area contributed by atoms with Gasteiger partial charge in [0.2, 0.25) is 0 Å². The molecule has 0 aliphatic rings. The van der Waals surface area contributed by atoms with E-state index in [0.29, 0.717) is 24.5 Å². The van der Waals surface area contributed by atoms with Gasteiger partial charge in [-0.2, -0.15) is 0 Å². The summed E-state index contributed by atoms with van der Waals surface area (Å²) in [7, 11) is 0. The maximum Gasteiger partial charge on any atom is 0.251 e. The molecule has 0 saturated heterocycles. The molecule has 0 spiro atoms. The highest BCUT2D eigenvalue weighted by atomic mass is 16.1. The number of aromatic nitrogens is 2. The van der Waals surface area contributed by atoms with Gasteiger partial charge in [0.05, 0.1) is 0 Å². The molecular weight excluding hydrogens is 360 g/mol. The van der Waals surface area contributed by atoms with Gasteiger partial charge in [0.1, 0.15) is 5.82 Å². The first kappa shape index (κ1) is 18.7. The lowest BCUT2D eigenvalue weighted by molar-refractivity contribution is 0.0954. The lowest BCUT2D eigenvalue weighted by atomic mass is 10.1. The summed E-state index contributed by atoms with van der Waals surface area (Å²) in [6.07, 6.45) is 4.45. The monoisotopic (exact) mass is 384 g/mol. The number of para-hydroxylation sites is 1. The molecule has 2 heterocycles. The van der Waals surface area contributed by atoms with Crippen molar-refractivity contribution in [1.82, 2.24) is 15.3 Å². The van der Waals surface area contributed by atoms with Gasteiger partial charge in [-0.25, -0.2) is 4.98 Å². The minimum Gasteiger partial charge on any atom is -0.366 e. The van der Waals surface area contributed by atoms with E-state index in [2.05, 4.69) is 63.9 Å². The normalized spacial score (nSPS) is 10.8. The second-order valence-electron chi connectivity index (χ2n) is 7.13. The van der Waals surface area contributed by atoms with Crippen LogP contribution in [0.2, 0.25) is 0 Å². The summed E-state index contributed by atoms with van der Waals surface area (Å²) in [5.41, 5.74) is 5.33. The fourth-order valence-corrected chi connectivity index (χ4v) is 3.32. The lowest BCUT2D eigenvalue weighted by Gasteiger charge is -2.09. The summed E-state index contributed by atoms with van der Waals surface area (Å²) in [4.78, 5) is 20.1. The Bertz CT molecular complexity index is 1120. The van der Waals surface area contributed by atoms with E-state index < -0.39 is 0 Å². The molecule has 5 nitrogen and oxygen atoms in total. The van der Waals surface area contributed by atoms with E-state index in [0.717, 1.165) is 11.9 Å². The first-order valence-electron chi connectivity index (χ1n) is 9.78. The Morgan fingerprint density at radius 1 is 1.07 bits per heavy atom. The van der Waals surface area contributed by atoms with Gasteiger partial charge in [-0.1, -0.05) is 48.0 Å². The van der Waals surface area contributed by atoms with Crippen LogP contribution in [-0.2, 0) is 13.0 Å². The number of hydrogen-bond donors (Lipinski definition) is 3. The van der Waals surface area contributed by atoms with Gasteiger partial charge in [-0.05, 0) is 42.7 Å². The third-order valence-corrected chi connectivity index (χ3v) is 4.97. The number of hydrogen-bond acceptors (Lipinski definition) is 3. The maximum atomic E-state index is 12.5. The van der Waals surface area contributed by atoms with E-state index in [1.54, 1.807) is 18.3 Å². The van der Waals surface area contributed by atoms with Crippen LogP contribution < -0.4 is 10.6 Å². The van der Waals surface area contributed by atoms with Gasteiger partial charge < -0.3 is 15.6 Å². The van der Waals surface area contributed by atoms with E-state index >= 15 is 0 Å². The second kappa shape index (κ2) is 8.61. The molecule has 0 fully saturated rings. The van der Waals surface area contributed by atoms with E-state index in [1.807, 2.05) is 18.3 Å². The van der Waals surface area contributed by atoms with Gasteiger partial charge in [-0.3, -0.25) is 4.79 Å². The molecule has 0 radical (unpaired) electrons. The average molecular weight is 384 g/mol. The number of anilines is 1. The van der Waals surface area contributed by atoms with Crippen LogP contribution in [0, 0.1) is 6.92 Å². The van der Waals surface area contributed by atoms with Crippen molar-refractivity contribution in [1.29, 1.82) is 0 Å². The van der Waals surface area contributed by atoms with Crippen molar-refractivity contribution >= 4 is 22.6 Å². The maximum absolute atomic E-state index is 12.5. The number of aryl methyl sites for hydroxylation is 1. The van der Waals surface area contributed by atoms with Crippen LogP contribution in [0.1, 0.15) is 27.0 Å². The summed E-state index contributed by atoms with van der Waals surface area (Å²) in [6, 6.07) is 20.1. The number of aromatic amines is 1. The molecule has 0 saturated carbocycles. The number of carbonyl (C=O) groups is 1. The molecule has 4 rings (SSSR count). The Kier molecular flexibility index (Phi) is 5.56. The van der Waals surface area contributed by atoms with Gasteiger partial charge >= 0.3 is 0 Å². The van der Waals surface area contributed by atoms with E-state index in [-0.39, 0.29) is 5.91 Å². The number of rotatable bonds is 7. The summed E-state index contributed by atoms with van der Waals surface area (Å²) < 4.78 is 0. The van der Waals surface area contributed by atoms with Crippen LogP contribution in [0.3, 0.4) is 0 Å². The van der Waals surface area contributed by atoms with Crippen molar-refractivity contribution in [3.63, 3.8) is 0 Å². The zero-order chi connectivity index (χ0) is 20.1. The number of fused-ring (bicyclic) bond motifs is 1. The topological polar surface area (TPSA) is 69.8 Å². The predicted octanol–water partition coefficient (Wildman–Crippen LogP) is 4.46. The van der Waals surface area contributed by atoms with Crippen molar-refractivity contribution in [2.75, 3.05) is 11.9 Å². The minimum absolute atomic E-state index is 0.0920. The Hall–Kier alpha value is -3.60. The number of nitrogens with zero attached hydrogens (tertiary/aromatic N) is 1. The van der Waals surface area contributed by atoms with Crippen molar-refractivity contribution in [2.24, 2.45) is 0 Å². The van der Waals surface area contributed by atoms with Crippen molar-refractivity contribution < 1.29 is 4.79 Å². The van der Waals surface area contributed by atoms with Gasteiger partial charge in [0.25, 0.3) is 5.91 Å². The molecule has 5 heteroatoms. The largest absolute Gasteiger partial charge is 0.366 e. The van der Waals surface area contributed by atoms with E-state index in [1.165, 1.54) is 22.1 Å². The Labute approximate surface area is 170 Å². The predicted molar refractivity (Wildman–Crippen MR) is 117 cm³/mol. The standard InChI is InChI=1S/C24H24N4O/c1-17-6-8-18(9-7-17)15-28-23-14-19(10-12-25-23)24(29)26-13-11-20-16-27-22-5-3-2-4-21(20)22/h2-10,12,14,16,27H,11,13,15H2,1H3,(H,25,28)(H,26,29). The van der Waals surface area contributed by atoms with Gasteiger partial charge in [-0.15, -0.1) is 0 Å². The van der Waals surface area contributed by atoms with Crippen LogP contribution in [-0.4, -0.2) is 22.4 Å². The molecule has 1 amide bonds. The summed E-state index contributed by atoms with van der Waals surface area (Å²) in [5, 5.41) is 7.48. The van der Waals surface area contributed by atoms with Crippen LogP contribution in [0.15, 0.2) is 73.1 Å². The zero-order valence-electron chi connectivity index (χ0n) is 16.4. The number of carbonyl (C=O) groups excluding carboxylic acids is 1. The number of amides is 1. The van der Waals surface area contributed by atoms with Crippen molar-refractivity contribution in [3.8, 4) is 0 Å². The quantitative estimate of drug-likeness (QED) is 0.441. The molecule has 146 valence electrons. The fourth-order valence-electron chi connectivity index (χ4n) is 3.32. The molecule has 3 N–H and O–H groups in total. The highest BCUT2D eigenvalue weighted by molar-refractivity contribution is 5.94.